The minimum Gasteiger partial charge on any atom is -0.481 e. The summed E-state index contributed by atoms with van der Waals surface area (Å²) in [6, 6.07) is 9.73. The van der Waals surface area contributed by atoms with Gasteiger partial charge < -0.3 is 60.5 Å². The first-order valence-electron chi connectivity index (χ1n) is 43.8. The fraction of sp³-hybridized carbons (Fsp3) is 0.636. The number of carbonyl (C=O) groups excluding carboxylic acids is 4. The Morgan fingerprint density at radius 2 is 0.732 bits per heavy atom. The second kappa shape index (κ2) is 50.0. The van der Waals surface area contributed by atoms with Gasteiger partial charge in [0.15, 0.2) is 0 Å². The van der Waals surface area contributed by atoms with E-state index in [0.29, 0.717) is 83.5 Å². The Morgan fingerprint density at radius 1 is 0.417 bits per heavy atom. The average molecular weight is 1790 g/mol. The number of rotatable bonds is 43. The fourth-order valence-electron chi connectivity index (χ4n) is 15.5. The van der Waals surface area contributed by atoms with Crippen LogP contribution in [0.3, 0.4) is 0 Å². The molecule has 28 heteroatoms. The van der Waals surface area contributed by atoms with E-state index in [1.165, 1.54) is 46.2 Å². The lowest BCUT2D eigenvalue weighted by Gasteiger charge is -2.46. The number of amides is 4. The second-order valence-electron chi connectivity index (χ2n) is 37.2. The third kappa shape index (κ3) is 34.9. The number of carboxylic acids is 4. The summed E-state index contributed by atoms with van der Waals surface area (Å²) in [5.74, 6) is 0.108. The molecule has 8 N–H and O–H groups in total. The molecule has 4 saturated heterocycles. The van der Waals surface area contributed by atoms with Crippen molar-refractivity contribution in [3.63, 3.8) is 0 Å². The molecule has 127 heavy (non-hydrogen) atoms. The number of alkyl halides is 8. The first-order chi connectivity index (χ1) is 58.8. The van der Waals surface area contributed by atoms with Crippen molar-refractivity contribution in [3.8, 4) is 47.4 Å². The van der Waals surface area contributed by atoms with Crippen molar-refractivity contribution < 1.29 is 114 Å². The number of halogens is 8. The molecule has 0 aromatic heterocycles. The molecule has 706 valence electrons. The van der Waals surface area contributed by atoms with E-state index >= 15 is 0 Å². The van der Waals surface area contributed by atoms with E-state index in [1.54, 1.807) is 88.4 Å². The molecule has 20 nitrogen and oxygen atoms in total. The van der Waals surface area contributed by atoms with Gasteiger partial charge in [0.2, 0.25) is 0 Å². The van der Waals surface area contributed by atoms with Gasteiger partial charge in [0, 0.05) is 111 Å². The van der Waals surface area contributed by atoms with Gasteiger partial charge in [0.25, 0.3) is 23.6 Å². The number of aliphatic carboxylic acids is 2. The number of aliphatic hydroxyl groups is 4. The van der Waals surface area contributed by atoms with Crippen molar-refractivity contribution >= 4 is 47.5 Å². The molecule has 12 atom stereocenters. The summed E-state index contributed by atoms with van der Waals surface area (Å²) in [6.07, 6.45) is 16.6. The number of unbranched alkanes of at least 4 members (excludes halogenated alkanes) is 6. The van der Waals surface area contributed by atoms with Crippen molar-refractivity contribution in [1.82, 2.24) is 19.6 Å². The van der Waals surface area contributed by atoms with E-state index in [2.05, 4.69) is 47.4 Å². The van der Waals surface area contributed by atoms with Crippen LogP contribution in [-0.2, 0) is 40.6 Å². The largest absolute Gasteiger partial charge is 0.481 e. The molecule has 2 aromatic rings. The lowest BCUT2D eigenvalue weighted by atomic mass is 9.75. The zero-order valence-corrected chi connectivity index (χ0v) is 77.3. The standard InChI is InChI=1S/C31H43F2NO4.C26H41F2NO4.C22H25F2NO4.C20H29F2NO4/c1-9-10-11-21(2)24(35)16-17-29(5,6)25-20-31(32,33)27(38)34(25)30(7,8)19-18-28(3,4)23-14-12-22(13-15-23)26(36)37;1-7-8-13-19(2)20(30)15-17-24(3,4)21-18-26(27,28)23(33)29(21)25(5,6)16-12-10-9-11-14-22(31)32;1-3-4-5-15(2)19(26)11-10-18-14-22(23,24)21(29)25(18)13-12-16-6-8-17(9-7-16)20(27)28;1-3-4-9-15(2)17(24)12-11-16-14-20(21,22)19(27)23(16)13-8-6-5-7-10-18(25)26/h12-17,21,24-25,35H,11,18-20H2,1-8H3,(H,36,37);15,17,19-21,30H,9-14,16,18H2,1-6H3,(H,31,32);6-11,15,18-19,26H,5,12-14H2,1-2H3,(H,27,28);11-12,15-17,24H,5-10,13-14H2,1-2H3,(H,25,26)/b17-16+;17-15+;11-10+;12-11+/t21-,24+,25+;19-,20+,21+;15-,18-,19+;15-,16-,17+/m0000/s1. The van der Waals surface area contributed by atoms with Crippen molar-refractivity contribution in [2.24, 2.45) is 34.5 Å². The highest BCUT2D eigenvalue weighted by molar-refractivity contribution is 5.90. The topological polar surface area (TPSA) is 311 Å². The molecular formula is C99H138F8N4O16. The van der Waals surface area contributed by atoms with Crippen LogP contribution in [0.25, 0.3) is 0 Å². The quantitative estimate of drug-likeness (QED) is 0.0132. The summed E-state index contributed by atoms with van der Waals surface area (Å²) in [5, 5.41) is 76.7. The molecule has 4 amide bonds. The maximum absolute atomic E-state index is 14.9. The average Bonchev–Trinajstić information content (AvgIpc) is 1.59. The maximum atomic E-state index is 14.9. The summed E-state index contributed by atoms with van der Waals surface area (Å²) in [6.45, 7) is 33.2. The lowest BCUT2D eigenvalue weighted by molar-refractivity contribution is -0.154. The number of aliphatic hydroxyl groups excluding tert-OH is 4. The number of aromatic carboxylic acids is 2. The molecular weight excluding hydrogens is 1650 g/mol. The van der Waals surface area contributed by atoms with Crippen molar-refractivity contribution in [3.05, 3.63) is 119 Å². The third-order valence-electron chi connectivity index (χ3n) is 24.3. The van der Waals surface area contributed by atoms with E-state index in [1.807, 2.05) is 96.9 Å². The minimum atomic E-state index is -3.46. The monoisotopic (exact) mass is 1790 g/mol. The van der Waals surface area contributed by atoms with Gasteiger partial charge in [0.05, 0.1) is 47.6 Å². The molecule has 0 saturated carbocycles. The van der Waals surface area contributed by atoms with Gasteiger partial charge >= 0.3 is 47.6 Å². The highest BCUT2D eigenvalue weighted by Crippen LogP contribution is 2.50. The summed E-state index contributed by atoms with van der Waals surface area (Å²) >= 11 is 0. The highest BCUT2D eigenvalue weighted by Gasteiger charge is 2.62. The third-order valence-corrected chi connectivity index (χ3v) is 24.3. The molecule has 0 radical (unpaired) electrons. The summed E-state index contributed by atoms with van der Waals surface area (Å²) < 4.78 is 115. The first kappa shape index (κ1) is 112. The van der Waals surface area contributed by atoms with Gasteiger partial charge in [-0.3, -0.25) is 28.8 Å². The molecule has 0 spiro atoms. The van der Waals surface area contributed by atoms with Crippen molar-refractivity contribution in [1.29, 1.82) is 0 Å². The molecule has 0 aliphatic carbocycles. The van der Waals surface area contributed by atoms with E-state index in [4.69, 9.17) is 15.3 Å². The lowest BCUT2D eigenvalue weighted by Crippen LogP contribution is -2.54. The fourth-order valence-corrected chi connectivity index (χ4v) is 15.5. The Bertz CT molecular complexity index is 4360. The summed E-state index contributed by atoms with van der Waals surface area (Å²) in [5.41, 5.74) is -1.58. The van der Waals surface area contributed by atoms with E-state index in [0.717, 1.165) is 40.2 Å². The number of hydrogen-bond donors (Lipinski definition) is 8. The smallest absolute Gasteiger partial charge is 0.335 e. The number of carbonyl (C=O) groups is 8. The van der Waals surface area contributed by atoms with Gasteiger partial charge in [-0.1, -0.05) is 174 Å². The number of benzene rings is 2. The summed E-state index contributed by atoms with van der Waals surface area (Å²) in [4.78, 5) is 98.0. The Hall–Kier alpha value is -9.32. The Kier molecular flexibility index (Phi) is 44.1. The molecule has 4 heterocycles. The maximum Gasteiger partial charge on any atom is 0.335 e. The van der Waals surface area contributed by atoms with Crippen LogP contribution in [0.2, 0.25) is 0 Å². The van der Waals surface area contributed by atoms with Gasteiger partial charge in [-0.2, -0.15) is 35.1 Å². The zero-order chi connectivity index (χ0) is 96.6. The Labute approximate surface area is 746 Å². The Balaban J connectivity index is 0.000000440. The minimum absolute atomic E-state index is 0.0722. The number of likely N-dealkylation sites (tertiary alicyclic amines) is 4. The normalized spacial score (nSPS) is 20.4. The van der Waals surface area contributed by atoms with Crippen LogP contribution in [0.15, 0.2) is 97.1 Å². The van der Waals surface area contributed by atoms with Crippen molar-refractivity contribution in [2.75, 3.05) is 13.1 Å². The molecule has 6 rings (SSSR count). The molecule has 0 bridgehead atoms. The Morgan fingerprint density at radius 3 is 1.08 bits per heavy atom. The van der Waals surface area contributed by atoms with E-state index < -0.39 is 167 Å². The second-order valence-corrected chi connectivity index (χ2v) is 37.2. The van der Waals surface area contributed by atoms with Gasteiger partial charge in [-0.25, -0.2) is 9.59 Å². The zero-order valence-electron chi connectivity index (χ0n) is 77.3. The van der Waals surface area contributed by atoms with E-state index in [-0.39, 0.29) is 66.1 Å². The predicted octanol–water partition coefficient (Wildman–Crippen LogP) is 18.2. The number of carboxylic acid groups (broad SMARTS) is 4. The number of hydrogen-bond acceptors (Lipinski definition) is 12. The molecule has 2 aromatic carbocycles. The predicted molar refractivity (Wildman–Crippen MR) is 475 cm³/mol. The molecule has 0 unspecified atom stereocenters. The summed E-state index contributed by atoms with van der Waals surface area (Å²) in [7, 11) is 0. The number of nitrogens with zero attached hydrogens (tertiary/aromatic N) is 4. The molecule has 4 aliphatic rings. The van der Waals surface area contributed by atoms with Crippen LogP contribution >= 0.6 is 0 Å². The van der Waals surface area contributed by atoms with Crippen LogP contribution < -0.4 is 0 Å². The van der Waals surface area contributed by atoms with Gasteiger partial charge in [-0.05, 0) is 165 Å². The van der Waals surface area contributed by atoms with Gasteiger partial charge in [-0.15, -0.1) is 47.4 Å². The van der Waals surface area contributed by atoms with E-state index in [9.17, 15) is 99.0 Å². The SMILES string of the molecule is CC#CC[C@H](C)[C@H](O)/C=C/C(C)(C)[C@H]1CC(F)(F)C(=O)N1C(C)(C)CCC(C)(C)c1ccc(C(=O)O)cc1.CC#CC[C@H](C)[C@H](O)/C=C/C(C)(C)[C@H]1CC(F)(F)C(=O)N1C(C)(C)CCCCCCC(=O)O.CC#CC[C@H](C)[C@H](O)/C=C/[C@H]1CC(F)(F)C(=O)N1CCCCCCC(=O)O.CC#CC[C@H](C)[C@H](O)/C=C/[C@H]1CC(F)(F)C(=O)N1CCc1ccc(C(=O)O)cc1. The molecule has 4 aliphatic heterocycles. The van der Waals surface area contributed by atoms with Crippen LogP contribution in [0.1, 0.15) is 291 Å². The van der Waals surface area contributed by atoms with Crippen LogP contribution in [0.4, 0.5) is 35.1 Å². The van der Waals surface area contributed by atoms with Crippen LogP contribution in [0.5, 0.6) is 0 Å². The first-order valence-corrected chi connectivity index (χ1v) is 43.8. The van der Waals surface area contributed by atoms with Gasteiger partial charge in [0.1, 0.15) is 0 Å². The van der Waals surface area contributed by atoms with Crippen molar-refractivity contribution in [2.45, 2.75) is 355 Å². The molecule has 4 fully saturated rings. The highest BCUT2D eigenvalue weighted by atomic mass is 19.3. The van der Waals surface area contributed by atoms with Crippen LogP contribution in [-0.4, -0.2) is 204 Å². The van der Waals surface area contributed by atoms with Crippen LogP contribution in [0, 0.1) is 81.9 Å².